The summed E-state index contributed by atoms with van der Waals surface area (Å²) in [4.78, 5) is 19.1. The van der Waals surface area contributed by atoms with Crippen LogP contribution >= 0.6 is 0 Å². The van der Waals surface area contributed by atoms with Crippen molar-refractivity contribution in [1.29, 1.82) is 0 Å². The van der Waals surface area contributed by atoms with Crippen LogP contribution < -0.4 is 5.32 Å². The first-order valence-corrected chi connectivity index (χ1v) is 9.44. The van der Waals surface area contributed by atoms with Crippen molar-refractivity contribution in [2.24, 2.45) is 23.9 Å². The smallest absolute Gasteiger partial charge is 0.322 e. The van der Waals surface area contributed by atoms with Crippen LogP contribution in [0.1, 0.15) is 12.0 Å². The molecule has 28 heavy (non-hydrogen) atoms. The molecule has 2 atom stereocenters. The van der Waals surface area contributed by atoms with Crippen LogP contribution in [0.15, 0.2) is 47.6 Å². The minimum atomic E-state index is -0.107. The fourth-order valence-corrected chi connectivity index (χ4v) is 3.71. The minimum Gasteiger partial charge on any atom is -0.497 e. The van der Waals surface area contributed by atoms with Crippen LogP contribution in [0.3, 0.4) is 0 Å². The van der Waals surface area contributed by atoms with Gasteiger partial charge in [0.05, 0.1) is 26.5 Å². The second kappa shape index (κ2) is 8.02. The number of likely N-dealkylation sites (tertiary alicyclic amines) is 1. The Morgan fingerprint density at radius 3 is 2.75 bits per heavy atom. The van der Waals surface area contributed by atoms with Crippen LogP contribution in [0.2, 0.25) is 0 Å². The van der Waals surface area contributed by atoms with Crippen molar-refractivity contribution < 1.29 is 14.3 Å². The fraction of sp³-hybridized carbons (Fsp3) is 0.450. The van der Waals surface area contributed by atoms with Gasteiger partial charge in [0, 0.05) is 61.9 Å². The largest absolute Gasteiger partial charge is 0.497 e. The van der Waals surface area contributed by atoms with Gasteiger partial charge < -0.3 is 14.4 Å². The molecule has 1 N–H and O–H groups in total. The molecule has 8 heteroatoms. The molecule has 0 saturated carbocycles. The SMILES string of the molecule is COC1=CCC(NC(=O)N2CC3COCC3C2)=N/C=C(/c2cnn(C)c2)C=C1. The molecule has 2 fully saturated rings. The summed E-state index contributed by atoms with van der Waals surface area (Å²) in [6, 6.07) is -0.107. The molecular weight excluding hydrogens is 358 g/mol. The zero-order valence-electron chi connectivity index (χ0n) is 16.2. The van der Waals surface area contributed by atoms with E-state index in [0.29, 0.717) is 29.9 Å². The molecule has 148 valence electrons. The number of hydrogen-bond donors (Lipinski definition) is 1. The van der Waals surface area contributed by atoms with Crippen LogP contribution in [-0.2, 0) is 16.5 Å². The van der Waals surface area contributed by atoms with Crippen molar-refractivity contribution in [2.75, 3.05) is 33.4 Å². The average Bonchev–Trinajstić information content (AvgIpc) is 3.39. The molecule has 0 spiro atoms. The van der Waals surface area contributed by atoms with Crippen molar-refractivity contribution >= 4 is 17.4 Å². The number of amides is 2. The van der Waals surface area contributed by atoms with E-state index in [0.717, 1.165) is 37.4 Å². The number of nitrogens with one attached hydrogen (secondary N) is 1. The van der Waals surface area contributed by atoms with Gasteiger partial charge in [-0.1, -0.05) is 0 Å². The zero-order valence-corrected chi connectivity index (χ0v) is 16.2. The van der Waals surface area contributed by atoms with Gasteiger partial charge in [-0.2, -0.15) is 5.10 Å². The van der Waals surface area contributed by atoms with E-state index in [9.17, 15) is 4.79 Å². The third-order valence-corrected chi connectivity index (χ3v) is 5.34. The van der Waals surface area contributed by atoms with Gasteiger partial charge in [0.2, 0.25) is 0 Å². The molecule has 1 aromatic rings. The molecule has 3 aliphatic rings. The van der Waals surface area contributed by atoms with Crippen LogP contribution in [0, 0.1) is 11.8 Å². The van der Waals surface area contributed by atoms with Crippen molar-refractivity contribution in [1.82, 2.24) is 20.0 Å². The number of ether oxygens (including phenoxy) is 2. The van der Waals surface area contributed by atoms with Gasteiger partial charge in [0.25, 0.3) is 0 Å². The summed E-state index contributed by atoms with van der Waals surface area (Å²) in [5.41, 5.74) is 1.83. The van der Waals surface area contributed by atoms with Crippen LogP contribution in [0.25, 0.3) is 5.57 Å². The van der Waals surface area contributed by atoms with Crippen LogP contribution in [0.5, 0.6) is 0 Å². The summed E-state index contributed by atoms with van der Waals surface area (Å²) in [5.74, 6) is 2.20. The maximum absolute atomic E-state index is 12.7. The van der Waals surface area contributed by atoms with E-state index in [1.54, 1.807) is 24.2 Å². The number of carbonyl (C=O) groups is 1. The molecule has 3 aliphatic heterocycles. The first kappa shape index (κ1) is 18.5. The number of hydrogen-bond acceptors (Lipinski definition) is 5. The van der Waals surface area contributed by atoms with Gasteiger partial charge in [-0.05, 0) is 18.2 Å². The Morgan fingerprint density at radius 2 is 2.07 bits per heavy atom. The molecule has 0 aromatic carbocycles. The Morgan fingerprint density at radius 1 is 1.29 bits per heavy atom. The van der Waals surface area contributed by atoms with E-state index >= 15 is 0 Å². The average molecular weight is 383 g/mol. The van der Waals surface area contributed by atoms with Crippen LogP contribution in [0.4, 0.5) is 4.79 Å². The minimum absolute atomic E-state index is 0.107. The first-order valence-electron chi connectivity index (χ1n) is 9.44. The Kier molecular flexibility index (Phi) is 5.29. The fourth-order valence-electron chi connectivity index (χ4n) is 3.71. The molecule has 2 unspecified atom stereocenters. The molecule has 8 nitrogen and oxygen atoms in total. The highest BCUT2D eigenvalue weighted by molar-refractivity contribution is 5.99. The number of fused-ring (bicyclic) bond motifs is 1. The van der Waals surface area contributed by atoms with Crippen molar-refractivity contribution in [3.63, 3.8) is 0 Å². The van der Waals surface area contributed by atoms with Gasteiger partial charge in [-0.25, -0.2) is 9.79 Å². The van der Waals surface area contributed by atoms with E-state index in [1.165, 1.54) is 0 Å². The Balaban J connectivity index is 1.52. The first-order chi connectivity index (χ1) is 13.6. The van der Waals surface area contributed by atoms with Crippen molar-refractivity contribution in [2.45, 2.75) is 6.42 Å². The second-order valence-electron chi connectivity index (χ2n) is 7.30. The number of methoxy groups -OCH3 is 1. The van der Waals surface area contributed by atoms with Crippen LogP contribution in [-0.4, -0.2) is 60.0 Å². The molecule has 1 aromatic heterocycles. The number of allylic oxidation sites excluding steroid dienone is 3. The Bertz CT molecular complexity index is 855. The summed E-state index contributed by atoms with van der Waals surface area (Å²) in [6.45, 7) is 2.97. The molecule has 2 saturated heterocycles. The number of carbonyl (C=O) groups excluding carboxylic acids is 1. The zero-order chi connectivity index (χ0) is 19.5. The van der Waals surface area contributed by atoms with E-state index < -0.39 is 0 Å². The number of aliphatic imine (C=N–C) groups is 1. The third kappa shape index (κ3) is 4.01. The summed E-state index contributed by atoms with van der Waals surface area (Å²) in [7, 11) is 3.50. The lowest BCUT2D eigenvalue weighted by molar-refractivity contribution is 0.156. The number of rotatable bonds is 2. The van der Waals surface area contributed by atoms with Gasteiger partial charge in [0.15, 0.2) is 0 Å². The predicted molar refractivity (Wildman–Crippen MR) is 105 cm³/mol. The molecule has 0 radical (unpaired) electrons. The van der Waals surface area contributed by atoms with Gasteiger partial charge >= 0.3 is 6.03 Å². The Labute approximate surface area is 164 Å². The normalized spacial score (nSPS) is 26.4. The van der Waals surface area contributed by atoms with E-state index in [1.807, 2.05) is 36.4 Å². The standard InChI is InChI=1S/C20H25N5O3/c1-24-9-15(8-22-24)14-3-4-18(27-2)5-6-19(21-7-14)23-20(26)25-10-16-12-28-13-17(16)11-25/h3-5,7-9,16-17H,6,10-13H2,1-2H3,(H,21,23,26)/b4-3?,14-7+,18-5?. The lowest BCUT2D eigenvalue weighted by atomic mass is 10.0. The highest BCUT2D eigenvalue weighted by Crippen LogP contribution is 2.29. The summed E-state index contributed by atoms with van der Waals surface area (Å²) in [6.07, 6.45) is 11.7. The van der Waals surface area contributed by atoms with Gasteiger partial charge in [-0.3, -0.25) is 10.00 Å². The molecule has 4 heterocycles. The second-order valence-corrected chi connectivity index (χ2v) is 7.30. The number of aryl methyl sites for hydroxylation is 1. The third-order valence-electron chi connectivity index (χ3n) is 5.34. The number of aromatic nitrogens is 2. The monoisotopic (exact) mass is 383 g/mol. The molecular formula is C20H25N5O3. The summed E-state index contributed by atoms with van der Waals surface area (Å²) in [5, 5.41) is 7.19. The maximum atomic E-state index is 12.7. The maximum Gasteiger partial charge on any atom is 0.322 e. The van der Waals surface area contributed by atoms with E-state index in [4.69, 9.17) is 9.47 Å². The van der Waals surface area contributed by atoms with Gasteiger partial charge in [-0.15, -0.1) is 0 Å². The lowest BCUT2D eigenvalue weighted by Gasteiger charge is -2.18. The predicted octanol–water partition coefficient (Wildman–Crippen LogP) is 1.94. The molecule has 2 amide bonds. The van der Waals surface area contributed by atoms with E-state index in [2.05, 4.69) is 15.4 Å². The van der Waals surface area contributed by atoms with E-state index in [-0.39, 0.29) is 6.03 Å². The highest BCUT2D eigenvalue weighted by atomic mass is 16.5. The topological polar surface area (TPSA) is 81.0 Å². The lowest BCUT2D eigenvalue weighted by Crippen LogP contribution is -2.42. The number of amidine groups is 1. The Hall–Kier alpha value is -2.87. The molecule has 4 rings (SSSR count). The molecule has 0 bridgehead atoms. The number of nitrogens with zero attached hydrogens (tertiary/aromatic N) is 4. The quantitative estimate of drug-likeness (QED) is 0.846. The number of urea groups is 1. The summed E-state index contributed by atoms with van der Waals surface area (Å²) < 4.78 is 12.6. The summed E-state index contributed by atoms with van der Waals surface area (Å²) >= 11 is 0. The van der Waals surface area contributed by atoms with Crippen molar-refractivity contribution in [3.8, 4) is 0 Å². The van der Waals surface area contributed by atoms with Gasteiger partial charge in [0.1, 0.15) is 11.6 Å². The highest BCUT2D eigenvalue weighted by Gasteiger charge is 2.39. The molecule has 0 aliphatic carbocycles. The van der Waals surface area contributed by atoms with Crippen molar-refractivity contribution in [3.05, 3.63) is 48.1 Å².